The van der Waals surface area contributed by atoms with E-state index in [1.807, 2.05) is 6.07 Å². The Morgan fingerprint density at radius 3 is 2.45 bits per heavy atom. The summed E-state index contributed by atoms with van der Waals surface area (Å²) in [7, 11) is -3.58. The first-order valence-corrected chi connectivity index (χ1v) is 11.4. The van der Waals surface area contributed by atoms with Gasteiger partial charge in [0.15, 0.2) is 0 Å². The smallest absolute Gasteiger partial charge is 0.243 e. The number of benzene rings is 1. The number of nitrogens with zero attached hydrogens (tertiary/aromatic N) is 5. The maximum atomic E-state index is 13.1. The number of morpholine rings is 1. The van der Waals surface area contributed by atoms with E-state index in [1.165, 1.54) is 10.4 Å². The number of piperazine rings is 1. The van der Waals surface area contributed by atoms with Crippen LogP contribution in [0.1, 0.15) is 5.56 Å². The second kappa shape index (κ2) is 8.43. The van der Waals surface area contributed by atoms with Crippen LogP contribution in [0.15, 0.2) is 35.4 Å². The van der Waals surface area contributed by atoms with Gasteiger partial charge in [-0.15, -0.1) is 0 Å². The highest BCUT2D eigenvalue weighted by molar-refractivity contribution is 7.89. The normalized spacial score (nSPS) is 18.8. The fourth-order valence-electron chi connectivity index (χ4n) is 3.58. The highest BCUT2D eigenvalue weighted by atomic mass is 35.5. The van der Waals surface area contributed by atoms with Gasteiger partial charge in [0, 0.05) is 50.5 Å². The molecular formula is C19H24ClN5O3S. The molecule has 2 aliphatic rings. The van der Waals surface area contributed by atoms with Crippen LogP contribution < -0.4 is 9.80 Å². The van der Waals surface area contributed by atoms with Gasteiger partial charge in [-0.3, -0.25) is 0 Å². The highest BCUT2D eigenvalue weighted by Gasteiger charge is 2.30. The Balaban J connectivity index is 1.46. The van der Waals surface area contributed by atoms with E-state index >= 15 is 0 Å². The summed E-state index contributed by atoms with van der Waals surface area (Å²) in [5.74, 6) is 1.51. The molecule has 1 aromatic heterocycles. The molecule has 0 N–H and O–H groups in total. The van der Waals surface area contributed by atoms with Crippen molar-refractivity contribution in [2.45, 2.75) is 11.8 Å². The second-order valence-corrected chi connectivity index (χ2v) is 9.46. The molecule has 3 heterocycles. The number of hydrogen-bond donors (Lipinski definition) is 0. The van der Waals surface area contributed by atoms with E-state index in [0.717, 1.165) is 18.9 Å². The fraction of sp³-hybridized carbons (Fsp3) is 0.474. The van der Waals surface area contributed by atoms with Crippen LogP contribution in [0.4, 0.5) is 11.8 Å². The zero-order valence-corrected chi connectivity index (χ0v) is 17.9. The Morgan fingerprint density at radius 1 is 1.00 bits per heavy atom. The van der Waals surface area contributed by atoms with Gasteiger partial charge in [0.1, 0.15) is 5.82 Å². The molecule has 0 spiro atoms. The molecule has 2 fully saturated rings. The van der Waals surface area contributed by atoms with E-state index in [1.54, 1.807) is 25.3 Å². The summed E-state index contributed by atoms with van der Waals surface area (Å²) in [6.45, 7) is 6.60. The van der Waals surface area contributed by atoms with Crippen molar-refractivity contribution >= 4 is 33.4 Å². The van der Waals surface area contributed by atoms with Crippen molar-refractivity contribution in [2.75, 3.05) is 62.3 Å². The van der Waals surface area contributed by atoms with Gasteiger partial charge in [-0.25, -0.2) is 13.4 Å². The molecule has 0 amide bonds. The maximum Gasteiger partial charge on any atom is 0.243 e. The van der Waals surface area contributed by atoms with E-state index in [-0.39, 0.29) is 4.90 Å². The van der Waals surface area contributed by atoms with Crippen molar-refractivity contribution < 1.29 is 13.2 Å². The van der Waals surface area contributed by atoms with E-state index in [2.05, 4.69) is 14.8 Å². The lowest BCUT2D eigenvalue weighted by Crippen LogP contribution is -2.49. The third-order valence-corrected chi connectivity index (χ3v) is 7.53. The Hall–Kier alpha value is -1.94. The Kier molecular flexibility index (Phi) is 5.91. The van der Waals surface area contributed by atoms with Gasteiger partial charge < -0.3 is 14.5 Å². The first-order valence-electron chi connectivity index (χ1n) is 9.62. The fourth-order valence-corrected chi connectivity index (χ4v) is 5.49. The van der Waals surface area contributed by atoms with E-state index in [4.69, 9.17) is 21.3 Å². The zero-order valence-electron chi connectivity index (χ0n) is 16.3. The van der Waals surface area contributed by atoms with Crippen LogP contribution in [0.3, 0.4) is 0 Å². The Bertz CT molecular complexity index is 974. The zero-order chi connectivity index (χ0) is 20.4. The SMILES string of the molecule is Cc1ccc(Cl)cc1S(=O)(=O)N1CCN(c2ccnc(N3CCOCC3)n2)CC1. The van der Waals surface area contributed by atoms with Crippen molar-refractivity contribution in [3.63, 3.8) is 0 Å². The number of halogens is 1. The van der Waals surface area contributed by atoms with Gasteiger partial charge in [0.2, 0.25) is 16.0 Å². The molecule has 0 unspecified atom stereocenters. The summed E-state index contributed by atoms with van der Waals surface area (Å²) < 4.78 is 33.0. The molecule has 8 nitrogen and oxygen atoms in total. The lowest BCUT2D eigenvalue weighted by Gasteiger charge is -2.35. The predicted molar refractivity (Wildman–Crippen MR) is 112 cm³/mol. The molecule has 2 aliphatic heterocycles. The standard InChI is InChI=1S/C19H24ClN5O3S/c1-15-2-3-16(20)14-17(15)29(26,27)25-8-6-23(7-9-25)18-4-5-21-19(22-18)24-10-12-28-13-11-24/h2-5,14H,6-13H2,1H3. The van der Waals surface area contributed by atoms with E-state index < -0.39 is 10.0 Å². The van der Waals surface area contributed by atoms with Crippen LogP contribution in [-0.2, 0) is 14.8 Å². The monoisotopic (exact) mass is 437 g/mol. The number of aryl methyl sites for hydroxylation is 1. The largest absolute Gasteiger partial charge is 0.378 e. The third-order valence-electron chi connectivity index (χ3n) is 5.25. The summed E-state index contributed by atoms with van der Waals surface area (Å²) in [6, 6.07) is 6.83. The molecular weight excluding hydrogens is 414 g/mol. The van der Waals surface area contributed by atoms with E-state index in [9.17, 15) is 8.42 Å². The average molecular weight is 438 g/mol. The summed E-state index contributed by atoms with van der Waals surface area (Å²) in [6.07, 6.45) is 1.76. The van der Waals surface area contributed by atoms with Crippen molar-refractivity contribution in [2.24, 2.45) is 0 Å². The third kappa shape index (κ3) is 4.32. The van der Waals surface area contributed by atoms with Gasteiger partial charge >= 0.3 is 0 Å². The van der Waals surface area contributed by atoms with Crippen LogP contribution in [-0.4, -0.2) is 75.2 Å². The molecule has 0 saturated carbocycles. The van der Waals surface area contributed by atoms with Crippen molar-refractivity contribution in [1.82, 2.24) is 14.3 Å². The molecule has 156 valence electrons. The van der Waals surface area contributed by atoms with Crippen molar-refractivity contribution in [3.8, 4) is 0 Å². The number of anilines is 2. The summed E-state index contributed by atoms with van der Waals surface area (Å²) in [4.78, 5) is 13.6. The molecule has 0 radical (unpaired) electrons. The molecule has 29 heavy (non-hydrogen) atoms. The number of sulfonamides is 1. The Labute approximate surface area is 176 Å². The first kappa shape index (κ1) is 20.3. The van der Waals surface area contributed by atoms with Gasteiger partial charge in [0.05, 0.1) is 18.1 Å². The van der Waals surface area contributed by atoms with Crippen molar-refractivity contribution in [3.05, 3.63) is 41.0 Å². The first-order chi connectivity index (χ1) is 13.9. The lowest BCUT2D eigenvalue weighted by molar-refractivity contribution is 0.122. The molecule has 0 aliphatic carbocycles. The number of ether oxygens (including phenoxy) is 1. The number of rotatable bonds is 4. The topological polar surface area (TPSA) is 78.9 Å². The predicted octanol–water partition coefficient (Wildman–Crippen LogP) is 1.79. The van der Waals surface area contributed by atoms with Crippen molar-refractivity contribution in [1.29, 1.82) is 0 Å². The summed E-state index contributed by atoms with van der Waals surface area (Å²) in [5, 5.41) is 0.421. The number of aromatic nitrogens is 2. The molecule has 2 aromatic rings. The quantitative estimate of drug-likeness (QED) is 0.721. The second-order valence-electron chi connectivity index (χ2n) is 7.12. The minimum atomic E-state index is -3.58. The maximum absolute atomic E-state index is 13.1. The van der Waals surface area contributed by atoms with E-state index in [0.29, 0.717) is 55.9 Å². The molecule has 1 aromatic carbocycles. The van der Waals surface area contributed by atoms with Gasteiger partial charge in [0.25, 0.3) is 0 Å². The molecule has 0 atom stereocenters. The lowest BCUT2D eigenvalue weighted by atomic mass is 10.2. The van der Waals surface area contributed by atoms with Crippen LogP contribution in [0.5, 0.6) is 0 Å². The molecule has 0 bridgehead atoms. The van der Waals surface area contributed by atoms with Crippen LogP contribution in [0, 0.1) is 6.92 Å². The van der Waals surface area contributed by atoms with Crippen LogP contribution in [0.25, 0.3) is 0 Å². The number of hydrogen-bond acceptors (Lipinski definition) is 7. The summed E-state index contributed by atoms with van der Waals surface area (Å²) >= 11 is 6.03. The average Bonchev–Trinajstić information content (AvgIpc) is 2.76. The van der Waals surface area contributed by atoms with Gasteiger partial charge in [-0.2, -0.15) is 9.29 Å². The van der Waals surface area contributed by atoms with Crippen LogP contribution in [0.2, 0.25) is 5.02 Å². The summed E-state index contributed by atoms with van der Waals surface area (Å²) in [5.41, 5.74) is 0.697. The van der Waals surface area contributed by atoms with Gasteiger partial charge in [-0.1, -0.05) is 17.7 Å². The minimum absolute atomic E-state index is 0.273. The Morgan fingerprint density at radius 2 is 1.72 bits per heavy atom. The highest BCUT2D eigenvalue weighted by Crippen LogP contribution is 2.25. The molecule has 10 heteroatoms. The van der Waals surface area contributed by atoms with Gasteiger partial charge in [-0.05, 0) is 30.7 Å². The molecule has 2 saturated heterocycles. The van der Waals surface area contributed by atoms with Crippen LogP contribution >= 0.6 is 11.6 Å². The molecule has 4 rings (SSSR count). The minimum Gasteiger partial charge on any atom is -0.378 e.